The molecule has 0 spiro atoms. The first-order valence-corrected chi connectivity index (χ1v) is 12.8. The van der Waals surface area contributed by atoms with Crippen molar-refractivity contribution in [2.45, 2.75) is 19.6 Å². The molecule has 0 saturated carbocycles. The zero-order valence-corrected chi connectivity index (χ0v) is 21.4. The van der Waals surface area contributed by atoms with Gasteiger partial charge in [-0.05, 0) is 42.3 Å². The average Bonchev–Trinajstić information content (AvgIpc) is 3.41. The Morgan fingerprint density at radius 1 is 0.872 bits per heavy atom. The summed E-state index contributed by atoms with van der Waals surface area (Å²) in [5.41, 5.74) is 4.90. The Kier molecular flexibility index (Phi) is 6.62. The zero-order valence-electron chi connectivity index (χ0n) is 21.4. The van der Waals surface area contributed by atoms with Crippen molar-refractivity contribution < 1.29 is 9.53 Å². The van der Waals surface area contributed by atoms with Gasteiger partial charge in [-0.2, -0.15) is 4.98 Å². The molecule has 0 aliphatic carbocycles. The highest BCUT2D eigenvalue weighted by Crippen LogP contribution is 2.37. The van der Waals surface area contributed by atoms with Crippen molar-refractivity contribution >= 4 is 17.5 Å². The van der Waals surface area contributed by atoms with Crippen LogP contribution in [0.3, 0.4) is 0 Å². The number of hydrogen-bond acceptors (Lipinski definition) is 5. The van der Waals surface area contributed by atoms with E-state index >= 15 is 0 Å². The third-order valence-electron chi connectivity index (χ3n) is 6.61. The number of para-hydroxylation sites is 1. The molecule has 5 aromatic rings. The first kappa shape index (κ1) is 24.2. The van der Waals surface area contributed by atoms with Crippen LogP contribution in [-0.4, -0.2) is 20.7 Å². The second-order valence-electron chi connectivity index (χ2n) is 9.30. The average molecular weight is 514 g/mol. The Bertz CT molecular complexity index is 1610. The van der Waals surface area contributed by atoms with E-state index in [9.17, 15) is 4.79 Å². The normalized spacial score (nSPS) is 14.3. The van der Waals surface area contributed by atoms with Crippen LogP contribution in [0.1, 0.15) is 24.1 Å². The monoisotopic (exact) mass is 513 g/mol. The van der Waals surface area contributed by atoms with Crippen molar-refractivity contribution in [1.29, 1.82) is 0 Å². The Balaban J connectivity index is 1.35. The van der Waals surface area contributed by atoms with Gasteiger partial charge in [0.25, 0.3) is 5.91 Å². The lowest BCUT2D eigenvalue weighted by molar-refractivity contribution is -0.113. The van der Waals surface area contributed by atoms with Crippen molar-refractivity contribution in [3.05, 3.63) is 138 Å². The number of anilines is 2. The van der Waals surface area contributed by atoms with E-state index in [2.05, 4.69) is 10.6 Å². The molecule has 0 bridgehead atoms. The second kappa shape index (κ2) is 10.7. The van der Waals surface area contributed by atoms with E-state index in [0.29, 0.717) is 24.0 Å². The van der Waals surface area contributed by atoms with Crippen LogP contribution in [0, 0.1) is 0 Å². The smallest absolute Gasteiger partial charge is 0.255 e. The highest BCUT2D eigenvalue weighted by molar-refractivity contribution is 6.06. The minimum Gasteiger partial charge on any atom is -0.489 e. The van der Waals surface area contributed by atoms with Crippen molar-refractivity contribution in [2.24, 2.45) is 0 Å². The quantitative estimate of drug-likeness (QED) is 0.261. The second-order valence-corrected chi connectivity index (χ2v) is 9.30. The molecule has 1 unspecified atom stereocenters. The Labute approximate surface area is 226 Å². The number of ether oxygens (including phenoxy) is 1. The van der Waals surface area contributed by atoms with Crippen LogP contribution in [0.25, 0.3) is 11.4 Å². The first-order chi connectivity index (χ1) is 19.2. The number of nitrogens with zero attached hydrogens (tertiary/aromatic N) is 3. The van der Waals surface area contributed by atoms with Gasteiger partial charge in [-0.25, -0.2) is 4.68 Å². The molecular weight excluding hydrogens is 486 g/mol. The predicted molar refractivity (Wildman–Crippen MR) is 152 cm³/mol. The molecule has 0 fully saturated rings. The van der Waals surface area contributed by atoms with Crippen LogP contribution >= 0.6 is 0 Å². The van der Waals surface area contributed by atoms with Crippen LogP contribution in [0.4, 0.5) is 11.6 Å². The maximum Gasteiger partial charge on any atom is 0.255 e. The molecule has 1 aliphatic rings. The molecule has 1 aromatic heterocycles. The van der Waals surface area contributed by atoms with E-state index in [4.69, 9.17) is 14.8 Å². The Morgan fingerprint density at radius 2 is 1.51 bits per heavy atom. The predicted octanol–water partition coefficient (Wildman–Crippen LogP) is 6.45. The number of rotatable bonds is 7. The maximum atomic E-state index is 13.7. The van der Waals surface area contributed by atoms with Gasteiger partial charge in [0.1, 0.15) is 18.4 Å². The minimum atomic E-state index is -0.488. The SMILES string of the molecule is CC1=C(C(=O)Nc2ccccc2)C(c2ccc(OCc3ccccc3)cc2)n2nc(-c3ccccc3)nc2N1. The Hall–Kier alpha value is -5.17. The number of fused-ring (bicyclic) bond motifs is 1. The molecule has 7 heteroatoms. The third-order valence-corrected chi connectivity index (χ3v) is 6.61. The van der Waals surface area contributed by atoms with Gasteiger partial charge in [-0.1, -0.05) is 91.0 Å². The summed E-state index contributed by atoms with van der Waals surface area (Å²) >= 11 is 0. The molecule has 1 atom stereocenters. The van der Waals surface area contributed by atoms with E-state index in [0.717, 1.165) is 33.8 Å². The van der Waals surface area contributed by atoms with Crippen molar-refractivity contribution in [2.75, 3.05) is 10.6 Å². The van der Waals surface area contributed by atoms with Gasteiger partial charge in [0, 0.05) is 16.9 Å². The lowest BCUT2D eigenvalue weighted by Gasteiger charge is -2.28. The fourth-order valence-corrected chi connectivity index (χ4v) is 4.67. The van der Waals surface area contributed by atoms with Gasteiger partial charge in [-0.3, -0.25) is 4.79 Å². The number of carbonyl (C=O) groups excluding carboxylic acids is 1. The topological polar surface area (TPSA) is 81.1 Å². The fourth-order valence-electron chi connectivity index (χ4n) is 4.67. The highest BCUT2D eigenvalue weighted by atomic mass is 16.5. The lowest BCUT2D eigenvalue weighted by atomic mass is 9.95. The molecule has 2 heterocycles. The summed E-state index contributed by atoms with van der Waals surface area (Å²) in [5, 5.41) is 11.2. The summed E-state index contributed by atoms with van der Waals surface area (Å²) in [6.45, 7) is 2.37. The first-order valence-electron chi connectivity index (χ1n) is 12.8. The molecule has 4 aromatic carbocycles. The summed E-state index contributed by atoms with van der Waals surface area (Å²) in [5.74, 6) is 1.71. The summed E-state index contributed by atoms with van der Waals surface area (Å²) in [6, 6.07) is 36.6. The number of amides is 1. The van der Waals surface area contributed by atoms with Gasteiger partial charge in [0.15, 0.2) is 5.82 Å². The largest absolute Gasteiger partial charge is 0.489 e. The molecule has 1 amide bonds. The Morgan fingerprint density at radius 3 is 2.21 bits per heavy atom. The molecule has 6 rings (SSSR count). The number of benzene rings is 4. The van der Waals surface area contributed by atoms with Crippen LogP contribution in [0.2, 0.25) is 0 Å². The summed E-state index contributed by atoms with van der Waals surface area (Å²) in [4.78, 5) is 18.4. The third kappa shape index (κ3) is 5.15. The van der Waals surface area contributed by atoms with Crippen molar-refractivity contribution in [3.63, 3.8) is 0 Å². The highest BCUT2D eigenvalue weighted by Gasteiger charge is 2.34. The van der Waals surface area contributed by atoms with Gasteiger partial charge < -0.3 is 15.4 Å². The van der Waals surface area contributed by atoms with Gasteiger partial charge >= 0.3 is 0 Å². The van der Waals surface area contributed by atoms with Crippen LogP contribution in [-0.2, 0) is 11.4 Å². The molecule has 192 valence electrons. The molecular formula is C32H27N5O2. The summed E-state index contributed by atoms with van der Waals surface area (Å²) in [6.07, 6.45) is 0. The molecule has 39 heavy (non-hydrogen) atoms. The van der Waals surface area contributed by atoms with Crippen molar-refractivity contribution in [1.82, 2.24) is 14.8 Å². The van der Waals surface area contributed by atoms with Crippen LogP contribution in [0.5, 0.6) is 5.75 Å². The summed E-state index contributed by atoms with van der Waals surface area (Å²) in [7, 11) is 0. The maximum absolute atomic E-state index is 13.7. The number of aromatic nitrogens is 3. The van der Waals surface area contributed by atoms with Gasteiger partial charge in [0.2, 0.25) is 5.95 Å². The fraction of sp³-hybridized carbons (Fsp3) is 0.0938. The molecule has 7 nitrogen and oxygen atoms in total. The summed E-state index contributed by atoms with van der Waals surface area (Å²) < 4.78 is 7.79. The zero-order chi connectivity index (χ0) is 26.6. The van der Waals surface area contributed by atoms with E-state index in [1.54, 1.807) is 4.68 Å². The molecule has 2 N–H and O–H groups in total. The van der Waals surface area contributed by atoms with E-state index in [-0.39, 0.29) is 5.91 Å². The van der Waals surface area contributed by atoms with Crippen LogP contribution in [0.15, 0.2) is 127 Å². The van der Waals surface area contributed by atoms with E-state index in [1.165, 1.54) is 0 Å². The standard InChI is InChI=1S/C32H27N5O2/c1-22-28(31(38)34-26-15-9-4-10-16-26)29(37-32(33-22)35-30(36-37)25-13-7-3-8-14-25)24-17-19-27(20-18-24)39-21-23-11-5-2-6-12-23/h2-20,29H,21H2,1H3,(H,34,38)(H,33,35,36). The molecule has 0 radical (unpaired) electrons. The van der Waals surface area contributed by atoms with Gasteiger partial charge in [-0.15, -0.1) is 5.10 Å². The van der Waals surface area contributed by atoms with Crippen LogP contribution < -0.4 is 15.4 Å². The number of allylic oxidation sites excluding steroid dienone is 1. The number of hydrogen-bond donors (Lipinski definition) is 2. The number of nitrogens with one attached hydrogen (secondary N) is 2. The van der Waals surface area contributed by atoms with E-state index < -0.39 is 6.04 Å². The lowest BCUT2D eigenvalue weighted by Crippen LogP contribution is -2.31. The molecule has 0 saturated heterocycles. The van der Waals surface area contributed by atoms with Gasteiger partial charge in [0.05, 0.1) is 5.57 Å². The van der Waals surface area contributed by atoms with E-state index in [1.807, 2.05) is 122 Å². The van der Waals surface area contributed by atoms with Crippen molar-refractivity contribution in [3.8, 4) is 17.1 Å². The number of carbonyl (C=O) groups is 1. The minimum absolute atomic E-state index is 0.206. The molecule has 1 aliphatic heterocycles.